The van der Waals surface area contributed by atoms with E-state index in [0.29, 0.717) is 6.10 Å². The topological polar surface area (TPSA) is 38.5 Å². The van der Waals surface area contributed by atoms with Gasteiger partial charge in [0, 0.05) is 24.8 Å². The summed E-state index contributed by atoms with van der Waals surface area (Å²) in [5, 5.41) is 0. The molecule has 3 heteroatoms. The molecule has 2 N–H and O–H groups in total. The summed E-state index contributed by atoms with van der Waals surface area (Å²) in [7, 11) is 0. The summed E-state index contributed by atoms with van der Waals surface area (Å²) < 4.78 is 5.68. The molecule has 0 amide bonds. The molecule has 2 atom stereocenters. The Hall–Kier alpha value is -1.06. The van der Waals surface area contributed by atoms with Crippen molar-refractivity contribution in [3.05, 3.63) is 29.8 Å². The highest BCUT2D eigenvalue weighted by Crippen LogP contribution is 2.21. The summed E-state index contributed by atoms with van der Waals surface area (Å²) >= 11 is 0. The van der Waals surface area contributed by atoms with Crippen LogP contribution in [0.25, 0.3) is 0 Å². The molecule has 0 bridgehead atoms. The molecule has 3 nitrogen and oxygen atoms in total. The van der Waals surface area contributed by atoms with E-state index in [1.807, 2.05) is 6.92 Å². The third-order valence-electron chi connectivity index (χ3n) is 3.38. The molecule has 1 aliphatic heterocycles. The second-order valence-electron chi connectivity index (χ2n) is 4.73. The molecule has 1 unspecified atom stereocenters. The molecule has 17 heavy (non-hydrogen) atoms. The fourth-order valence-corrected chi connectivity index (χ4v) is 2.19. The quantitative estimate of drug-likeness (QED) is 0.872. The maximum atomic E-state index is 5.85. The third kappa shape index (κ3) is 2.99. The van der Waals surface area contributed by atoms with Gasteiger partial charge in [-0.2, -0.15) is 0 Å². The average Bonchev–Trinajstić information content (AvgIpc) is 2.39. The zero-order valence-corrected chi connectivity index (χ0v) is 10.7. The molecule has 0 aliphatic carbocycles. The summed E-state index contributed by atoms with van der Waals surface area (Å²) in [5.74, 6) is 0. The van der Waals surface area contributed by atoms with Gasteiger partial charge in [-0.3, -0.25) is 0 Å². The van der Waals surface area contributed by atoms with Crippen LogP contribution in [-0.4, -0.2) is 25.8 Å². The number of nitrogens with zero attached hydrogens (tertiary/aromatic N) is 1. The van der Waals surface area contributed by atoms with E-state index in [9.17, 15) is 0 Å². The molecule has 0 saturated carbocycles. The highest BCUT2D eigenvalue weighted by atomic mass is 16.5. The molecule has 2 rings (SSSR count). The molecule has 1 heterocycles. The Balaban J connectivity index is 2.06. The Morgan fingerprint density at radius 1 is 1.41 bits per heavy atom. The highest BCUT2D eigenvalue weighted by molar-refractivity contribution is 5.48. The van der Waals surface area contributed by atoms with Crippen molar-refractivity contribution in [2.75, 3.05) is 24.6 Å². The van der Waals surface area contributed by atoms with Crippen LogP contribution in [0.3, 0.4) is 0 Å². The molecule has 1 fully saturated rings. The maximum absolute atomic E-state index is 5.85. The van der Waals surface area contributed by atoms with Crippen molar-refractivity contribution in [3.8, 4) is 0 Å². The number of nitrogens with two attached hydrogens (primary N) is 1. The number of rotatable bonds is 3. The van der Waals surface area contributed by atoms with Gasteiger partial charge in [-0.1, -0.05) is 19.1 Å². The number of hydrogen-bond donors (Lipinski definition) is 1. The van der Waals surface area contributed by atoms with Gasteiger partial charge in [-0.15, -0.1) is 0 Å². The van der Waals surface area contributed by atoms with Gasteiger partial charge in [0.25, 0.3) is 0 Å². The Kier molecular flexibility index (Phi) is 4.02. The molecule has 1 aromatic carbocycles. The molecule has 1 aromatic rings. The molecule has 0 spiro atoms. The summed E-state index contributed by atoms with van der Waals surface area (Å²) in [5.41, 5.74) is 8.32. The molecule has 1 aliphatic rings. The van der Waals surface area contributed by atoms with Crippen LogP contribution in [0.1, 0.15) is 31.9 Å². The number of ether oxygens (including phenoxy) is 1. The predicted molar refractivity (Wildman–Crippen MR) is 71.3 cm³/mol. The number of anilines is 1. The van der Waals surface area contributed by atoms with Crippen LogP contribution >= 0.6 is 0 Å². The second-order valence-corrected chi connectivity index (χ2v) is 4.73. The lowest BCUT2D eigenvalue weighted by molar-refractivity contribution is 0.0384. The van der Waals surface area contributed by atoms with Gasteiger partial charge in [0.15, 0.2) is 0 Å². The van der Waals surface area contributed by atoms with E-state index in [4.69, 9.17) is 10.5 Å². The van der Waals surface area contributed by atoms with E-state index in [0.717, 1.165) is 26.1 Å². The molecule has 0 radical (unpaired) electrons. The van der Waals surface area contributed by atoms with Crippen molar-refractivity contribution in [2.24, 2.45) is 5.73 Å². The Morgan fingerprint density at radius 3 is 2.71 bits per heavy atom. The van der Waals surface area contributed by atoms with Gasteiger partial charge in [-0.05, 0) is 31.0 Å². The normalized spacial score (nSPS) is 22.5. The Bertz CT molecular complexity index is 348. The van der Waals surface area contributed by atoms with E-state index in [1.54, 1.807) is 0 Å². The van der Waals surface area contributed by atoms with Gasteiger partial charge in [0.05, 0.1) is 12.7 Å². The molecular formula is C14H22N2O. The van der Waals surface area contributed by atoms with Crippen molar-refractivity contribution in [1.82, 2.24) is 0 Å². The number of benzene rings is 1. The standard InChI is InChI=1S/C14H22N2O/c1-3-14-10-16(8-9-17-14)13-6-4-12(5-7-13)11(2)15/h4-7,11,14H,3,8-10,15H2,1-2H3/t11-,14?/m0/s1. The van der Waals surface area contributed by atoms with Crippen LogP contribution in [0.2, 0.25) is 0 Å². The van der Waals surface area contributed by atoms with Gasteiger partial charge in [-0.25, -0.2) is 0 Å². The predicted octanol–water partition coefficient (Wildman–Crippen LogP) is 2.32. The van der Waals surface area contributed by atoms with Crippen LogP contribution in [0.5, 0.6) is 0 Å². The molecule has 94 valence electrons. The van der Waals surface area contributed by atoms with E-state index >= 15 is 0 Å². The summed E-state index contributed by atoms with van der Waals surface area (Å²) in [6.45, 7) is 6.99. The van der Waals surface area contributed by atoms with Crippen LogP contribution in [0.15, 0.2) is 24.3 Å². The summed E-state index contributed by atoms with van der Waals surface area (Å²) in [6, 6.07) is 8.68. The van der Waals surface area contributed by atoms with Crippen molar-refractivity contribution < 1.29 is 4.74 Å². The minimum absolute atomic E-state index is 0.108. The number of hydrogen-bond acceptors (Lipinski definition) is 3. The van der Waals surface area contributed by atoms with Crippen molar-refractivity contribution in [1.29, 1.82) is 0 Å². The second kappa shape index (κ2) is 5.52. The fraction of sp³-hybridized carbons (Fsp3) is 0.571. The van der Waals surface area contributed by atoms with Crippen LogP contribution in [0.4, 0.5) is 5.69 Å². The van der Waals surface area contributed by atoms with E-state index in [2.05, 4.69) is 36.1 Å². The third-order valence-corrected chi connectivity index (χ3v) is 3.38. The lowest BCUT2D eigenvalue weighted by Crippen LogP contribution is -2.42. The molecular weight excluding hydrogens is 212 g/mol. The van der Waals surface area contributed by atoms with Crippen molar-refractivity contribution in [2.45, 2.75) is 32.4 Å². The van der Waals surface area contributed by atoms with Crippen molar-refractivity contribution in [3.63, 3.8) is 0 Å². The van der Waals surface area contributed by atoms with E-state index in [1.165, 1.54) is 11.3 Å². The van der Waals surface area contributed by atoms with Gasteiger partial charge < -0.3 is 15.4 Å². The Labute approximate surface area is 104 Å². The first-order valence-corrected chi connectivity index (χ1v) is 6.42. The molecule has 1 saturated heterocycles. The average molecular weight is 234 g/mol. The fourth-order valence-electron chi connectivity index (χ4n) is 2.19. The first-order chi connectivity index (χ1) is 8.20. The summed E-state index contributed by atoms with van der Waals surface area (Å²) in [6.07, 6.45) is 1.45. The van der Waals surface area contributed by atoms with E-state index in [-0.39, 0.29) is 6.04 Å². The van der Waals surface area contributed by atoms with Gasteiger partial charge in [0.2, 0.25) is 0 Å². The zero-order valence-electron chi connectivity index (χ0n) is 10.7. The smallest absolute Gasteiger partial charge is 0.0748 e. The summed E-state index contributed by atoms with van der Waals surface area (Å²) in [4.78, 5) is 2.39. The highest BCUT2D eigenvalue weighted by Gasteiger charge is 2.18. The minimum atomic E-state index is 0.108. The zero-order chi connectivity index (χ0) is 12.3. The Morgan fingerprint density at radius 2 is 2.12 bits per heavy atom. The first kappa shape index (κ1) is 12.4. The van der Waals surface area contributed by atoms with Gasteiger partial charge >= 0.3 is 0 Å². The minimum Gasteiger partial charge on any atom is -0.375 e. The molecule has 0 aromatic heterocycles. The lowest BCUT2D eigenvalue weighted by Gasteiger charge is -2.34. The monoisotopic (exact) mass is 234 g/mol. The van der Waals surface area contributed by atoms with Gasteiger partial charge in [0.1, 0.15) is 0 Å². The number of morpholine rings is 1. The van der Waals surface area contributed by atoms with Crippen molar-refractivity contribution >= 4 is 5.69 Å². The first-order valence-electron chi connectivity index (χ1n) is 6.42. The van der Waals surface area contributed by atoms with Crippen LogP contribution < -0.4 is 10.6 Å². The maximum Gasteiger partial charge on any atom is 0.0748 e. The van der Waals surface area contributed by atoms with Crippen LogP contribution in [-0.2, 0) is 4.74 Å². The SMILES string of the molecule is CCC1CN(c2ccc([C@H](C)N)cc2)CCO1. The largest absolute Gasteiger partial charge is 0.375 e. The lowest BCUT2D eigenvalue weighted by atomic mass is 10.1. The van der Waals surface area contributed by atoms with E-state index < -0.39 is 0 Å². The van der Waals surface area contributed by atoms with Crippen LogP contribution in [0, 0.1) is 0 Å².